The van der Waals surface area contributed by atoms with Crippen LogP contribution >= 0.6 is 0 Å². The molecule has 1 atom stereocenters. The molecule has 2 fully saturated rings. The molecule has 1 N–H and O–H groups in total. The van der Waals surface area contributed by atoms with Gasteiger partial charge in [-0.3, -0.25) is 14.7 Å². The van der Waals surface area contributed by atoms with Gasteiger partial charge in [-0.1, -0.05) is 0 Å². The Kier molecular flexibility index (Phi) is 7.78. The predicted octanol–water partition coefficient (Wildman–Crippen LogP) is 4.55. The lowest BCUT2D eigenvalue weighted by atomic mass is 10.1. The second-order valence-electron chi connectivity index (χ2n) is 9.78. The Morgan fingerprint density at radius 2 is 1.71 bits per heavy atom. The van der Waals surface area contributed by atoms with E-state index in [2.05, 4.69) is 25.1 Å². The summed E-state index contributed by atoms with van der Waals surface area (Å²) < 4.78 is 44.5. The van der Waals surface area contributed by atoms with Crippen molar-refractivity contribution < 1.29 is 22.7 Å². The molecule has 3 aromatic rings. The highest BCUT2D eigenvalue weighted by Gasteiger charge is 2.30. The van der Waals surface area contributed by atoms with Crippen LogP contribution in [0.15, 0.2) is 67.1 Å². The standard InChI is InChI=1S/C28H30F3N5O2/c29-28(30,31)21-1-3-23(4-2-21)36-15-10-24(11-16-36)38-25-5-6-26(33-17-25)27(37)34-22-9-14-35(19-22)18-20-7-12-32-13-8-20/h1-8,12-13,17,22,24H,9-11,14-16,18-19H2,(H,34,37)/t22-/m0/s1. The van der Waals surface area contributed by atoms with Crippen molar-refractivity contribution in [3.63, 3.8) is 0 Å². The average Bonchev–Trinajstić information content (AvgIpc) is 3.36. The SMILES string of the molecule is O=C(N[C@H]1CCN(Cc2ccncc2)C1)c1ccc(OC2CCN(c3ccc(C(F)(F)F)cc3)CC2)cn1. The summed E-state index contributed by atoms with van der Waals surface area (Å²) in [4.78, 5) is 25.4. The van der Waals surface area contributed by atoms with Crippen LogP contribution in [0.1, 0.15) is 40.9 Å². The third-order valence-corrected chi connectivity index (χ3v) is 7.04. The maximum absolute atomic E-state index is 12.8. The summed E-state index contributed by atoms with van der Waals surface area (Å²) >= 11 is 0. The number of piperidine rings is 1. The monoisotopic (exact) mass is 525 g/mol. The normalized spacial score (nSPS) is 18.9. The van der Waals surface area contributed by atoms with E-state index in [1.54, 1.807) is 30.7 Å². The van der Waals surface area contributed by atoms with Crippen molar-refractivity contribution in [1.29, 1.82) is 0 Å². The van der Waals surface area contributed by atoms with Gasteiger partial charge in [0.15, 0.2) is 0 Å². The predicted molar refractivity (Wildman–Crippen MR) is 137 cm³/mol. The minimum Gasteiger partial charge on any atom is -0.489 e. The largest absolute Gasteiger partial charge is 0.489 e. The fourth-order valence-corrected chi connectivity index (χ4v) is 4.97. The van der Waals surface area contributed by atoms with Gasteiger partial charge in [0.25, 0.3) is 5.91 Å². The summed E-state index contributed by atoms with van der Waals surface area (Å²) in [6, 6.07) is 12.8. The van der Waals surface area contributed by atoms with Gasteiger partial charge >= 0.3 is 6.18 Å². The van der Waals surface area contributed by atoms with E-state index in [9.17, 15) is 18.0 Å². The summed E-state index contributed by atoms with van der Waals surface area (Å²) in [7, 11) is 0. The molecule has 2 aliphatic rings. The first-order valence-corrected chi connectivity index (χ1v) is 12.8. The average molecular weight is 526 g/mol. The van der Waals surface area contributed by atoms with E-state index in [-0.39, 0.29) is 18.1 Å². The van der Waals surface area contributed by atoms with Crippen LogP contribution in [-0.2, 0) is 12.7 Å². The Morgan fingerprint density at radius 3 is 2.37 bits per heavy atom. The van der Waals surface area contributed by atoms with Gasteiger partial charge in [-0.05, 0) is 60.5 Å². The van der Waals surface area contributed by atoms with Crippen LogP contribution in [0.25, 0.3) is 0 Å². The van der Waals surface area contributed by atoms with Crippen LogP contribution in [0.4, 0.5) is 18.9 Å². The molecule has 4 heterocycles. The molecule has 2 aliphatic heterocycles. The van der Waals surface area contributed by atoms with Crippen molar-refractivity contribution in [1.82, 2.24) is 20.2 Å². The zero-order valence-electron chi connectivity index (χ0n) is 20.9. The number of nitrogens with one attached hydrogen (secondary N) is 1. The number of amides is 1. The molecule has 0 bridgehead atoms. The number of anilines is 1. The fourth-order valence-electron chi connectivity index (χ4n) is 4.97. The van der Waals surface area contributed by atoms with Gasteiger partial charge in [0, 0.05) is 69.7 Å². The van der Waals surface area contributed by atoms with Gasteiger partial charge in [-0.25, -0.2) is 4.98 Å². The second-order valence-corrected chi connectivity index (χ2v) is 9.78. The molecule has 0 aliphatic carbocycles. The van der Waals surface area contributed by atoms with E-state index < -0.39 is 11.7 Å². The highest BCUT2D eigenvalue weighted by molar-refractivity contribution is 5.92. The number of hydrogen-bond donors (Lipinski definition) is 1. The summed E-state index contributed by atoms with van der Waals surface area (Å²) in [5, 5.41) is 3.08. The molecule has 7 nitrogen and oxygen atoms in total. The smallest absolute Gasteiger partial charge is 0.416 e. The Labute approximate surface area is 219 Å². The van der Waals surface area contributed by atoms with Crippen molar-refractivity contribution in [2.75, 3.05) is 31.1 Å². The molecule has 200 valence electrons. The molecule has 1 amide bonds. The maximum atomic E-state index is 12.8. The lowest BCUT2D eigenvalue weighted by molar-refractivity contribution is -0.137. The molecular formula is C28H30F3N5O2. The van der Waals surface area contributed by atoms with Crippen molar-refractivity contribution in [2.24, 2.45) is 0 Å². The van der Waals surface area contributed by atoms with Crippen LogP contribution in [0, 0.1) is 0 Å². The highest BCUT2D eigenvalue weighted by Crippen LogP contribution is 2.31. The Morgan fingerprint density at radius 1 is 0.974 bits per heavy atom. The first-order valence-electron chi connectivity index (χ1n) is 12.8. The summed E-state index contributed by atoms with van der Waals surface area (Å²) in [5.74, 6) is 0.399. The van der Waals surface area contributed by atoms with Gasteiger partial charge in [0.05, 0.1) is 11.8 Å². The topological polar surface area (TPSA) is 70.6 Å². The summed E-state index contributed by atoms with van der Waals surface area (Å²) in [6.45, 7) is 3.92. The summed E-state index contributed by atoms with van der Waals surface area (Å²) in [6.07, 6.45) is 3.16. The number of halogens is 3. The number of alkyl halides is 3. The lowest BCUT2D eigenvalue weighted by Crippen LogP contribution is -2.38. The molecule has 38 heavy (non-hydrogen) atoms. The first kappa shape index (κ1) is 26.0. The minimum absolute atomic E-state index is 0.0213. The minimum atomic E-state index is -4.33. The third kappa shape index (κ3) is 6.61. The number of carbonyl (C=O) groups is 1. The number of carbonyl (C=O) groups excluding carboxylic acids is 1. The van der Waals surface area contributed by atoms with Crippen molar-refractivity contribution >= 4 is 11.6 Å². The van der Waals surface area contributed by atoms with Gasteiger partial charge in [-0.15, -0.1) is 0 Å². The van der Waals surface area contributed by atoms with Crippen molar-refractivity contribution in [3.05, 3.63) is 83.9 Å². The van der Waals surface area contributed by atoms with E-state index >= 15 is 0 Å². The molecule has 0 radical (unpaired) electrons. The Bertz CT molecular complexity index is 1200. The molecule has 10 heteroatoms. The van der Waals surface area contributed by atoms with E-state index in [4.69, 9.17) is 4.74 Å². The number of pyridine rings is 2. The second kappa shape index (κ2) is 11.4. The quantitative estimate of drug-likeness (QED) is 0.488. The van der Waals surface area contributed by atoms with Crippen LogP contribution < -0.4 is 15.0 Å². The number of rotatable bonds is 7. The molecule has 1 aromatic carbocycles. The number of ether oxygens (including phenoxy) is 1. The maximum Gasteiger partial charge on any atom is 0.416 e. The van der Waals surface area contributed by atoms with Crippen LogP contribution in [0.3, 0.4) is 0 Å². The number of nitrogens with zero attached hydrogens (tertiary/aromatic N) is 4. The van der Waals surface area contributed by atoms with Crippen molar-refractivity contribution in [2.45, 2.75) is 44.1 Å². The van der Waals surface area contributed by atoms with Gasteiger partial charge in [-0.2, -0.15) is 13.2 Å². The van der Waals surface area contributed by atoms with Crippen LogP contribution in [0.5, 0.6) is 5.75 Å². The molecular weight excluding hydrogens is 495 g/mol. The van der Waals surface area contributed by atoms with Crippen molar-refractivity contribution in [3.8, 4) is 5.75 Å². The van der Waals surface area contributed by atoms with Crippen LogP contribution in [0.2, 0.25) is 0 Å². The number of benzene rings is 1. The number of likely N-dealkylation sites (tertiary alicyclic amines) is 1. The van der Waals surface area contributed by atoms with E-state index in [0.717, 1.165) is 56.7 Å². The van der Waals surface area contributed by atoms with Gasteiger partial charge in [0.2, 0.25) is 0 Å². The Balaban J connectivity index is 1.06. The first-order chi connectivity index (χ1) is 18.3. The molecule has 2 saturated heterocycles. The molecule has 0 saturated carbocycles. The number of aromatic nitrogens is 2. The van der Waals surface area contributed by atoms with E-state index in [1.807, 2.05) is 12.1 Å². The highest BCUT2D eigenvalue weighted by atomic mass is 19.4. The van der Waals surface area contributed by atoms with E-state index in [0.29, 0.717) is 24.5 Å². The molecule has 0 spiro atoms. The van der Waals surface area contributed by atoms with E-state index in [1.165, 1.54) is 17.7 Å². The zero-order chi connectivity index (χ0) is 26.5. The van der Waals surface area contributed by atoms with Gasteiger partial charge < -0.3 is 15.0 Å². The fraction of sp³-hybridized carbons (Fsp3) is 0.393. The number of hydrogen-bond acceptors (Lipinski definition) is 6. The third-order valence-electron chi connectivity index (χ3n) is 7.04. The molecule has 2 aromatic heterocycles. The summed E-state index contributed by atoms with van der Waals surface area (Å²) in [5.41, 5.74) is 1.68. The van der Waals surface area contributed by atoms with Crippen LogP contribution in [-0.4, -0.2) is 59.1 Å². The Hall–Kier alpha value is -3.66. The zero-order valence-corrected chi connectivity index (χ0v) is 20.9. The molecule has 0 unspecified atom stereocenters. The van der Waals surface area contributed by atoms with Gasteiger partial charge in [0.1, 0.15) is 17.5 Å². The lowest BCUT2D eigenvalue weighted by Gasteiger charge is -2.33. The molecule has 5 rings (SSSR count).